The van der Waals surface area contributed by atoms with Crippen LogP contribution in [0, 0.1) is 6.92 Å². The smallest absolute Gasteiger partial charge is 0.312 e. The number of hydrogen-bond donors (Lipinski definition) is 1. The molecule has 1 aliphatic rings. The highest BCUT2D eigenvalue weighted by molar-refractivity contribution is 7.12. The summed E-state index contributed by atoms with van der Waals surface area (Å²) in [5.41, 5.74) is 2.34. The van der Waals surface area contributed by atoms with Gasteiger partial charge in [-0.1, -0.05) is 18.2 Å². The van der Waals surface area contributed by atoms with Crippen LogP contribution in [0.5, 0.6) is 0 Å². The van der Waals surface area contributed by atoms with Gasteiger partial charge in [-0.15, -0.1) is 11.3 Å². The number of carbonyl (C=O) groups is 2. The normalized spacial score (nSPS) is 17.1. The molecule has 2 heterocycles. The standard InChI is InChI=1S/C15H13NO3S/c1-9-6-7-20-13(9)14(17)16-8-11(15(18)19)10-4-2-3-5-12(10)16/h2-7,11H,8H2,1H3,(H,18,19)/t11-/m1/s1. The Morgan fingerprint density at radius 2 is 2.05 bits per heavy atom. The maximum Gasteiger partial charge on any atom is 0.312 e. The number of thiophene rings is 1. The van der Waals surface area contributed by atoms with Crippen molar-refractivity contribution in [3.63, 3.8) is 0 Å². The first-order valence-corrected chi connectivity index (χ1v) is 7.15. The molecule has 4 nitrogen and oxygen atoms in total. The molecule has 3 rings (SSSR count). The lowest BCUT2D eigenvalue weighted by molar-refractivity contribution is -0.138. The van der Waals surface area contributed by atoms with Crippen molar-refractivity contribution in [1.82, 2.24) is 0 Å². The number of para-hydroxylation sites is 1. The lowest BCUT2D eigenvalue weighted by Gasteiger charge is -2.17. The summed E-state index contributed by atoms with van der Waals surface area (Å²) in [5, 5.41) is 11.2. The van der Waals surface area contributed by atoms with E-state index in [2.05, 4.69) is 0 Å². The summed E-state index contributed by atoms with van der Waals surface area (Å²) in [6.07, 6.45) is 0. The molecule has 1 aromatic carbocycles. The highest BCUT2D eigenvalue weighted by Crippen LogP contribution is 2.37. The number of carboxylic acid groups (broad SMARTS) is 1. The molecule has 0 saturated carbocycles. The fourth-order valence-electron chi connectivity index (χ4n) is 2.53. The quantitative estimate of drug-likeness (QED) is 0.924. The van der Waals surface area contributed by atoms with Gasteiger partial charge >= 0.3 is 5.97 Å². The molecule has 5 heteroatoms. The second kappa shape index (κ2) is 4.76. The van der Waals surface area contributed by atoms with Gasteiger partial charge in [0.1, 0.15) is 5.92 Å². The van der Waals surface area contributed by atoms with E-state index in [1.807, 2.05) is 24.4 Å². The van der Waals surface area contributed by atoms with Gasteiger partial charge in [0.2, 0.25) is 0 Å². The van der Waals surface area contributed by atoms with Crippen LogP contribution in [0.2, 0.25) is 0 Å². The van der Waals surface area contributed by atoms with E-state index in [0.29, 0.717) is 16.1 Å². The molecule has 1 amide bonds. The molecule has 0 radical (unpaired) electrons. The van der Waals surface area contributed by atoms with E-state index in [4.69, 9.17) is 0 Å². The average molecular weight is 287 g/mol. The summed E-state index contributed by atoms with van der Waals surface area (Å²) in [4.78, 5) is 26.2. The van der Waals surface area contributed by atoms with Gasteiger partial charge < -0.3 is 10.0 Å². The number of amides is 1. The number of hydrogen-bond acceptors (Lipinski definition) is 3. The van der Waals surface area contributed by atoms with E-state index in [-0.39, 0.29) is 12.5 Å². The number of aryl methyl sites for hydroxylation is 1. The second-order valence-electron chi connectivity index (χ2n) is 4.80. The number of fused-ring (bicyclic) bond motifs is 1. The van der Waals surface area contributed by atoms with E-state index in [1.165, 1.54) is 11.3 Å². The van der Waals surface area contributed by atoms with E-state index >= 15 is 0 Å². The van der Waals surface area contributed by atoms with Crippen molar-refractivity contribution in [3.8, 4) is 0 Å². The molecule has 0 spiro atoms. The minimum atomic E-state index is -0.893. The Hall–Kier alpha value is -2.14. The van der Waals surface area contributed by atoms with Crippen molar-refractivity contribution in [2.24, 2.45) is 0 Å². The molecule has 1 N–H and O–H groups in total. The van der Waals surface area contributed by atoms with Crippen molar-refractivity contribution in [3.05, 3.63) is 51.7 Å². The Kier molecular flexibility index (Phi) is 3.06. The Morgan fingerprint density at radius 3 is 2.70 bits per heavy atom. The fourth-order valence-corrected chi connectivity index (χ4v) is 3.40. The number of aliphatic carboxylic acids is 1. The molecule has 1 aliphatic heterocycles. The highest BCUT2D eigenvalue weighted by Gasteiger charge is 2.37. The van der Waals surface area contributed by atoms with Gasteiger partial charge in [-0.3, -0.25) is 9.59 Å². The summed E-state index contributed by atoms with van der Waals surface area (Å²) in [6.45, 7) is 2.09. The number of anilines is 1. The first-order valence-electron chi connectivity index (χ1n) is 6.27. The van der Waals surface area contributed by atoms with Gasteiger partial charge in [0.05, 0.1) is 4.88 Å². The third kappa shape index (κ3) is 1.91. The minimum Gasteiger partial charge on any atom is -0.481 e. The van der Waals surface area contributed by atoms with Crippen LogP contribution in [0.1, 0.15) is 26.7 Å². The molecule has 0 fully saturated rings. The van der Waals surface area contributed by atoms with Crippen molar-refractivity contribution in [2.45, 2.75) is 12.8 Å². The van der Waals surface area contributed by atoms with E-state index in [0.717, 1.165) is 5.56 Å². The van der Waals surface area contributed by atoms with Crippen LogP contribution in [0.3, 0.4) is 0 Å². The Labute approximate surface area is 120 Å². The molecule has 2 aromatic rings. The number of carbonyl (C=O) groups excluding carboxylic acids is 1. The Bertz CT molecular complexity index is 692. The predicted molar refractivity (Wildman–Crippen MR) is 77.6 cm³/mol. The van der Waals surface area contributed by atoms with Crippen molar-refractivity contribution >= 4 is 28.9 Å². The summed E-state index contributed by atoms with van der Waals surface area (Å²) in [5.74, 6) is -1.65. The SMILES string of the molecule is Cc1ccsc1C(=O)N1C[C@@H](C(=O)O)c2ccccc21. The maximum absolute atomic E-state index is 12.6. The molecule has 1 aromatic heterocycles. The maximum atomic E-state index is 12.6. The van der Waals surface area contributed by atoms with Crippen molar-refractivity contribution < 1.29 is 14.7 Å². The predicted octanol–water partition coefficient (Wildman–Crippen LogP) is 2.89. The van der Waals surface area contributed by atoms with Gasteiger partial charge in [0.25, 0.3) is 5.91 Å². The third-order valence-electron chi connectivity index (χ3n) is 3.57. The fraction of sp³-hybridized carbons (Fsp3) is 0.200. The number of carboxylic acids is 1. The monoisotopic (exact) mass is 287 g/mol. The molecule has 20 heavy (non-hydrogen) atoms. The average Bonchev–Trinajstić information content (AvgIpc) is 3.01. The number of benzene rings is 1. The van der Waals surface area contributed by atoms with E-state index < -0.39 is 11.9 Å². The first-order chi connectivity index (χ1) is 9.59. The van der Waals surface area contributed by atoms with Gasteiger partial charge in [-0.2, -0.15) is 0 Å². The first kappa shape index (κ1) is 12.9. The van der Waals surface area contributed by atoms with Crippen molar-refractivity contribution in [2.75, 3.05) is 11.4 Å². The van der Waals surface area contributed by atoms with Crippen LogP contribution < -0.4 is 4.90 Å². The van der Waals surface area contributed by atoms with Crippen LogP contribution in [-0.2, 0) is 4.79 Å². The minimum absolute atomic E-state index is 0.117. The molecule has 102 valence electrons. The lowest BCUT2D eigenvalue weighted by Crippen LogP contribution is -2.31. The topological polar surface area (TPSA) is 57.6 Å². The van der Waals surface area contributed by atoms with Crippen LogP contribution in [0.4, 0.5) is 5.69 Å². The Morgan fingerprint density at radius 1 is 1.30 bits per heavy atom. The second-order valence-corrected chi connectivity index (χ2v) is 5.71. The number of rotatable bonds is 2. The van der Waals surface area contributed by atoms with Crippen LogP contribution in [0.25, 0.3) is 0 Å². The summed E-state index contributed by atoms with van der Waals surface area (Å²) in [6, 6.07) is 9.11. The van der Waals surface area contributed by atoms with E-state index in [1.54, 1.807) is 23.1 Å². The van der Waals surface area contributed by atoms with Crippen LogP contribution >= 0.6 is 11.3 Å². The van der Waals surface area contributed by atoms with Crippen LogP contribution in [-0.4, -0.2) is 23.5 Å². The van der Waals surface area contributed by atoms with Gasteiger partial charge in [-0.25, -0.2) is 0 Å². The zero-order chi connectivity index (χ0) is 14.3. The van der Waals surface area contributed by atoms with E-state index in [9.17, 15) is 14.7 Å². The molecule has 0 bridgehead atoms. The largest absolute Gasteiger partial charge is 0.481 e. The van der Waals surface area contributed by atoms with Gasteiger partial charge in [0.15, 0.2) is 0 Å². The molecule has 0 saturated heterocycles. The molecular weight excluding hydrogens is 274 g/mol. The summed E-state index contributed by atoms with van der Waals surface area (Å²) >= 11 is 1.39. The summed E-state index contributed by atoms with van der Waals surface area (Å²) < 4.78 is 0. The van der Waals surface area contributed by atoms with Gasteiger partial charge in [-0.05, 0) is 35.6 Å². The molecular formula is C15H13NO3S. The zero-order valence-corrected chi connectivity index (χ0v) is 11.7. The molecule has 0 unspecified atom stereocenters. The molecule has 0 aliphatic carbocycles. The molecule has 1 atom stereocenters. The highest BCUT2D eigenvalue weighted by atomic mass is 32.1. The van der Waals surface area contributed by atoms with Gasteiger partial charge in [0, 0.05) is 12.2 Å². The summed E-state index contributed by atoms with van der Waals surface area (Å²) in [7, 11) is 0. The van der Waals surface area contributed by atoms with Crippen LogP contribution in [0.15, 0.2) is 35.7 Å². The van der Waals surface area contributed by atoms with Crippen molar-refractivity contribution in [1.29, 1.82) is 0 Å². The zero-order valence-electron chi connectivity index (χ0n) is 10.9. The third-order valence-corrected chi connectivity index (χ3v) is 4.57. The number of nitrogens with zero attached hydrogens (tertiary/aromatic N) is 1. The Balaban J connectivity index is 2.03. The lowest BCUT2D eigenvalue weighted by atomic mass is 10.0.